The van der Waals surface area contributed by atoms with Crippen LogP contribution in [0.4, 0.5) is 0 Å². The predicted molar refractivity (Wildman–Crippen MR) is 43.2 cm³/mol. The summed E-state index contributed by atoms with van der Waals surface area (Å²) in [6, 6.07) is 0.0550. The number of carbonyl (C=O) groups is 1. The van der Waals surface area contributed by atoms with Gasteiger partial charge in [0, 0.05) is 26.1 Å². The molecule has 4 nitrogen and oxygen atoms in total. The Balaban J connectivity index is 3.36. The summed E-state index contributed by atoms with van der Waals surface area (Å²) in [5, 5.41) is 2.72. The fraction of sp³-hybridized carbons (Fsp3) is 0.857. The summed E-state index contributed by atoms with van der Waals surface area (Å²) in [7, 11) is 1.57. The molecule has 0 unspecified atom stereocenters. The number of hydrogen-bond donors (Lipinski definition) is 2. The Morgan fingerprint density at radius 2 is 2.36 bits per heavy atom. The summed E-state index contributed by atoms with van der Waals surface area (Å²) < 4.78 is 4.74. The van der Waals surface area contributed by atoms with E-state index in [0.717, 1.165) is 0 Å². The van der Waals surface area contributed by atoms with Crippen molar-refractivity contribution in [3.8, 4) is 0 Å². The zero-order valence-corrected chi connectivity index (χ0v) is 7.09. The SMILES string of the molecule is COCCC(=O)N[C@H](C)CN. The molecule has 0 aliphatic heterocycles. The van der Waals surface area contributed by atoms with Gasteiger partial charge in [0.1, 0.15) is 0 Å². The molecule has 0 aliphatic carbocycles. The third kappa shape index (κ3) is 5.82. The van der Waals surface area contributed by atoms with Gasteiger partial charge in [0.25, 0.3) is 0 Å². The minimum absolute atomic E-state index is 0.00944. The van der Waals surface area contributed by atoms with Gasteiger partial charge in [-0.1, -0.05) is 0 Å². The number of hydrogen-bond acceptors (Lipinski definition) is 3. The van der Waals surface area contributed by atoms with E-state index in [0.29, 0.717) is 19.6 Å². The molecule has 0 saturated heterocycles. The molecule has 0 bridgehead atoms. The molecule has 0 rings (SSSR count). The summed E-state index contributed by atoms with van der Waals surface area (Å²) in [4.78, 5) is 10.9. The van der Waals surface area contributed by atoms with Gasteiger partial charge in [-0.3, -0.25) is 4.79 Å². The lowest BCUT2D eigenvalue weighted by Gasteiger charge is -2.10. The van der Waals surface area contributed by atoms with Crippen LogP contribution in [-0.2, 0) is 9.53 Å². The molecule has 66 valence electrons. The van der Waals surface area contributed by atoms with E-state index in [2.05, 4.69) is 5.32 Å². The van der Waals surface area contributed by atoms with Crippen molar-refractivity contribution >= 4 is 5.91 Å². The maximum Gasteiger partial charge on any atom is 0.222 e. The molecule has 0 aromatic carbocycles. The average Bonchev–Trinajstić information content (AvgIpc) is 2.00. The maximum atomic E-state index is 10.9. The van der Waals surface area contributed by atoms with Crippen LogP contribution in [0.1, 0.15) is 13.3 Å². The van der Waals surface area contributed by atoms with Gasteiger partial charge in [0.15, 0.2) is 0 Å². The van der Waals surface area contributed by atoms with Crippen molar-refractivity contribution in [1.82, 2.24) is 5.32 Å². The van der Waals surface area contributed by atoms with Crippen molar-refractivity contribution < 1.29 is 9.53 Å². The first-order valence-electron chi connectivity index (χ1n) is 3.69. The van der Waals surface area contributed by atoms with E-state index >= 15 is 0 Å². The third-order valence-electron chi connectivity index (χ3n) is 1.29. The Labute approximate surface area is 67.1 Å². The number of carbonyl (C=O) groups excluding carboxylic acids is 1. The van der Waals surface area contributed by atoms with E-state index in [1.165, 1.54) is 0 Å². The number of amides is 1. The van der Waals surface area contributed by atoms with Crippen molar-refractivity contribution in [3.63, 3.8) is 0 Å². The first-order valence-corrected chi connectivity index (χ1v) is 3.69. The molecule has 0 aromatic rings. The molecule has 0 aliphatic rings. The van der Waals surface area contributed by atoms with E-state index in [1.54, 1.807) is 7.11 Å². The molecule has 1 atom stereocenters. The minimum Gasteiger partial charge on any atom is -0.384 e. The van der Waals surface area contributed by atoms with Crippen molar-refractivity contribution in [1.29, 1.82) is 0 Å². The Morgan fingerprint density at radius 1 is 1.73 bits per heavy atom. The van der Waals surface area contributed by atoms with Crippen LogP contribution in [0.3, 0.4) is 0 Å². The van der Waals surface area contributed by atoms with Gasteiger partial charge in [-0.15, -0.1) is 0 Å². The molecular formula is C7H16N2O2. The highest BCUT2D eigenvalue weighted by Crippen LogP contribution is 1.83. The van der Waals surface area contributed by atoms with Crippen LogP contribution in [0.15, 0.2) is 0 Å². The second kappa shape index (κ2) is 6.12. The largest absolute Gasteiger partial charge is 0.384 e. The second-order valence-corrected chi connectivity index (χ2v) is 2.45. The lowest BCUT2D eigenvalue weighted by Crippen LogP contribution is -2.38. The van der Waals surface area contributed by atoms with Crippen molar-refractivity contribution in [3.05, 3.63) is 0 Å². The van der Waals surface area contributed by atoms with Crippen LogP contribution < -0.4 is 11.1 Å². The number of ether oxygens (including phenoxy) is 1. The molecule has 11 heavy (non-hydrogen) atoms. The molecular weight excluding hydrogens is 144 g/mol. The minimum atomic E-state index is -0.00944. The monoisotopic (exact) mass is 160 g/mol. The number of rotatable bonds is 5. The molecule has 0 radical (unpaired) electrons. The molecule has 0 spiro atoms. The van der Waals surface area contributed by atoms with Crippen LogP contribution >= 0.6 is 0 Å². The number of methoxy groups -OCH3 is 1. The smallest absolute Gasteiger partial charge is 0.222 e. The fourth-order valence-electron chi connectivity index (χ4n) is 0.601. The average molecular weight is 160 g/mol. The van der Waals surface area contributed by atoms with Crippen molar-refractivity contribution in [2.45, 2.75) is 19.4 Å². The molecule has 1 amide bonds. The summed E-state index contributed by atoms with van der Waals surface area (Å²) in [6.45, 7) is 2.80. The summed E-state index contributed by atoms with van der Waals surface area (Å²) in [6.07, 6.45) is 0.404. The van der Waals surface area contributed by atoms with Gasteiger partial charge in [0.05, 0.1) is 6.61 Å². The quantitative estimate of drug-likeness (QED) is 0.569. The number of nitrogens with two attached hydrogens (primary N) is 1. The van der Waals surface area contributed by atoms with E-state index in [-0.39, 0.29) is 11.9 Å². The maximum absolute atomic E-state index is 10.9. The Hall–Kier alpha value is -0.610. The van der Waals surface area contributed by atoms with Crippen molar-refractivity contribution in [2.75, 3.05) is 20.3 Å². The van der Waals surface area contributed by atoms with E-state index in [4.69, 9.17) is 10.5 Å². The zero-order valence-electron chi connectivity index (χ0n) is 7.09. The lowest BCUT2D eigenvalue weighted by molar-refractivity contribution is -0.122. The normalized spacial score (nSPS) is 12.6. The van der Waals surface area contributed by atoms with Gasteiger partial charge in [-0.05, 0) is 6.92 Å². The van der Waals surface area contributed by atoms with E-state index in [9.17, 15) is 4.79 Å². The summed E-state index contributed by atoms with van der Waals surface area (Å²) >= 11 is 0. The van der Waals surface area contributed by atoms with Gasteiger partial charge >= 0.3 is 0 Å². The highest BCUT2D eigenvalue weighted by molar-refractivity contribution is 5.76. The van der Waals surface area contributed by atoms with E-state index < -0.39 is 0 Å². The standard InChI is InChI=1S/C7H16N2O2/c1-6(5-8)9-7(10)3-4-11-2/h6H,3-5,8H2,1-2H3,(H,9,10)/t6-/m1/s1. The first kappa shape index (κ1) is 10.4. The topological polar surface area (TPSA) is 64.3 Å². The molecule has 0 aromatic heterocycles. The summed E-state index contributed by atoms with van der Waals surface area (Å²) in [5.74, 6) is -0.00944. The molecule has 0 saturated carbocycles. The molecule has 0 fully saturated rings. The van der Waals surface area contributed by atoms with Crippen LogP contribution in [0.25, 0.3) is 0 Å². The predicted octanol–water partition coefficient (Wildman–Crippen LogP) is -0.514. The number of nitrogens with one attached hydrogen (secondary N) is 1. The second-order valence-electron chi connectivity index (χ2n) is 2.45. The lowest BCUT2D eigenvalue weighted by atomic mass is 10.3. The van der Waals surface area contributed by atoms with E-state index in [1.807, 2.05) is 6.92 Å². The zero-order chi connectivity index (χ0) is 8.69. The Kier molecular flexibility index (Phi) is 5.78. The van der Waals surface area contributed by atoms with Gasteiger partial charge in [-0.2, -0.15) is 0 Å². The first-order chi connectivity index (χ1) is 5.20. The van der Waals surface area contributed by atoms with Gasteiger partial charge in [0.2, 0.25) is 5.91 Å². The molecule has 4 heteroatoms. The van der Waals surface area contributed by atoms with Crippen LogP contribution in [0.5, 0.6) is 0 Å². The Morgan fingerprint density at radius 3 is 2.82 bits per heavy atom. The third-order valence-corrected chi connectivity index (χ3v) is 1.29. The van der Waals surface area contributed by atoms with Gasteiger partial charge < -0.3 is 15.8 Å². The molecule has 0 heterocycles. The van der Waals surface area contributed by atoms with Crippen LogP contribution in [0, 0.1) is 0 Å². The van der Waals surface area contributed by atoms with Crippen LogP contribution in [0.2, 0.25) is 0 Å². The Bertz CT molecular complexity index is 117. The van der Waals surface area contributed by atoms with Crippen LogP contribution in [-0.4, -0.2) is 32.2 Å². The highest BCUT2D eigenvalue weighted by Gasteiger charge is 2.03. The molecule has 3 N–H and O–H groups in total. The summed E-state index contributed by atoms with van der Waals surface area (Å²) in [5.41, 5.74) is 5.30. The van der Waals surface area contributed by atoms with Crippen molar-refractivity contribution in [2.24, 2.45) is 5.73 Å². The van der Waals surface area contributed by atoms with Gasteiger partial charge in [-0.25, -0.2) is 0 Å². The highest BCUT2D eigenvalue weighted by atomic mass is 16.5. The fourth-order valence-corrected chi connectivity index (χ4v) is 0.601.